The van der Waals surface area contributed by atoms with Crippen LogP contribution in [0.4, 0.5) is 0 Å². The molecule has 144 valence electrons. The Morgan fingerprint density at radius 2 is 1.85 bits per heavy atom. The number of fused-ring (bicyclic) bond motifs is 1. The number of amides is 1. The number of benzene rings is 1. The van der Waals surface area contributed by atoms with Gasteiger partial charge in [-0.05, 0) is 44.7 Å². The van der Waals surface area contributed by atoms with Gasteiger partial charge in [0.2, 0.25) is 5.91 Å². The molecule has 1 aromatic heterocycles. The third kappa shape index (κ3) is 4.21. The monoisotopic (exact) mass is 385 g/mol. The molecule has 0 unspecified atom stereocenters. The predicted molar refractivity (Wildman–Crippen MR) is 109 cm³/mol. The van der Waals surface area contributed by atoms with Crippen LogP contribution >= 0.6 is 11.8 Å². The van der Waals surface area contributed by atoms with Crippen LogP contribution < -0.4 is 10.9 Å². The van der Waals surface area contributed by atoms with Gasteiger partial charge in [-0.15, -0.1) is 0 Å². The molecule has 5 nitrogen and oxygen atoms in total. The summed E-state index contributed by atoms with van der Waals surface area (Å²) >= 11 is 1.41. The Morgan fingerprint density at radius 3 is 2.56 bits per heavy atom. The average molecular weight is 386 g/mol. The Hall–Kier alpha value is -1.82. The second-order valence-electron chi connectivity index (χ2n) is 7.78. The molecule has 1 aromatic carbocycles. The zero-order chi connectivity index (χ0) is 18.8. The van der Waals surface area contributed by atoms with Crippen LogP contribution in [0.15, 0.2) is 34.2 Å². The highest BCUT2D eigenvalue weighted by atomic mass is 32.2. The fourth-order valence-electron chi connectivity index (χ4n) is 3.82. The number of carbonyl (C=O) groups is 1. The standard InChI is InChI=1S/C21H27N3O2S/c1-14(19(25)22-15-8-4-2-3-5-9-15)27-21-23-18-11-7-6-10-17(18)20(26)24(21)16-12-13-16/h6-7,10-11,14-16H,2-5,8-9,12-13H2,1H3,(H,22,25)/t14-/m0/s1. The first-order valence-corrected chi connectivity index (χ1v) is 11.0. The van der Waals surface area contributed by atoms with Gasteiger partial charge >= 0.3 is 0 Å². The van der Waals surface area contributed by atoms with E-state index in [1.807, 2.05) is 35.8 Å². The molecular weight excluding hydrogens is 358 g/mol. The van der Waals surface area contributed by atoms with Crippen LogP contribution in [-0.4, -0.2) is 26.8 Å². The van der Waals surface area contributed by atoms with E-state index in [-0.39, 0.29) is 22.8 Å². The number of nitrogens with one attached hydrogen (secondary N) is 1. The molecular formula is C21H27N3O2S. The Balaban J connectivity index is 1.54. The van der Waals surface area contributed by atoms with Gasteiger partial charge in [-0.3, -0.25) is 14.2 Å². The maximum absolute atomic E-state index is 12.9. The SMILES string of the molecule is C[C@H](Sc1nc2ccccc2c(=O)n1C1CC1)C(=O)NC1CCCCCC1. The molecule has 2 aliphatic carbocycles. The predicted octanol–water partition coefficient (Wildman–Crippen LogP) is 4.05. The minimum atomic E-state index is -0.272. The van der Waals surface area contributed by atoms with Crippen molar-refractivity contribution in [2.75, 3.05) is 0 Å². The summed E-state index contributed by atoms with van der Waals surface area (Å²) < 4.78 is 1.81. The van der Waals surface area contributed by atoms with E-state index >= 15 is 0 Å². The van der Waals surface area contributed by atoms with Crippen LogP contribution in [0, 0.1) is 0 Å². The number of aromatic nitrogens is 2. The molecule has 0 spiro atoms. The number of hydrogen-bond donors (Lipinski definition) is 1. The Kier molecular flexibility index (Phi) is 5.53. The van der Waals surface area contributed by atoms with Gasteiger partial charge in [0.05, 0.1) is 16.2 Å². The largest absolute Gasteiger partial charge is 0.352 e. The maximum Gasteiger partial charge on any atom is 0.262 e. The lowest BCUT2D eigenvalue weighted by atomic mass is 10.1. The summed E-state index contributed by atoms with van der Waals surface area (Å²) in [7, 11) is 0. The molecule has 1 amide bonds. The summed E-state index contributed by atoms with van der Waals surface area (Å²) in [6.45, 7) is 1.91. The zero-order valence-corrected chi connectivity index (χ0v) is 16.6. The van der Waals surface area contributed by atoms with Gasteiger partial charge < -0.3 is 5.32 Å². The summed E-state index contributed by atoms with van der Waals surface area (Å²) in [5.74, 6) is 0.0525. The van der Waals surface area contributed by atoms with E-state index in [2.05, 4.69) is 5.32 Å². The first-order chi connectivity index (χ1) is 13.1. The van der Waals surface area contributed by atoms with E-state index in [0.29, 0.717) is 22.1 Å². The molecule has 1 heterocycles. The lowest BCUT2D eigenvalue weighted by molar-refractivity contribution is -0.121. The first-order valence-electron chi connectivity index (χ1n) is 10.1. The van der Waals surface area contributed by atoms with Crippen molar-refractivity contribution in [1.82, 2.24) is 14.9 Å². The van der Waals surface area contributed by atoms with E-state index in [9.17, 15) is 9.59 Å². The van der Waals surface area contributed by atoms with Crippen LogP contribution in [0.1, 0.15) is 64.3 Å². The lowest BCUT2D eigenvalue weighted by Crippen LogP contribution is -2.39. The smallest absolute Gasteiger partial charge is 0.262 e. The molecule has 2 saturated carbocycles. The summed E-state index contributed by atoms with van der Waals surface area (Å²) in [6.07, 6.45) is 9.09. The van der Waals surface area contributed by atoms with Gasteiger partial charge in [0.25, 0.3) is 5.56 Å². The molecule has 2 aromatic rings. The van der Waals surface area contributed by atoms with Crippen molar-refractivity contribution in [3.63, 3.8) is 0 Å². The van der Waals surface area contributed by atoms with Gasteiger partial charge in [0, 0.05) is 12.1 Å². The molecule has 4 rings (SSSR count). The number of thioether (sulfide) groups is 1. The van der Waals surface area contributed by atoms with E-state index in [0.717, 1.165) is 25.7 Å². The van der Waals surface area contributed by atoms with Crippen LogP contribution in [0.25, 0.3) is 10.9 Å². The van der Waals surface area contributed by atoms with Crippen molar-refractivity contribution in [1.29, 1.82) is 0 Å². The van der Waals surface area contributed by atoms with Crippen molar-refractivity contribution in [2.45, 2.75) is 80.8 Å². The maximum atomic E-state index is 12.9. The lowest BCUT2D eigenvalue weighted by Gasteiger charge is -2.20. The minimum Gasteiger partial charge on any atom is -0.352 e. The Morgan fingerprint density at radius 1 is 1.15 bits per heavy atom. The summed E-state index contributed by atoms with van der Waals surface area (Å²) in [5.41, 5.74) is 0.722. The van der Waals surface area contributed by atoms with E-state index < -0.39 is 0 Å². The fourth-order valence-corrected chi connectivity index (χ4v) is 4.81. The number of hydrogen-bond acceptors (Lipinski definition) is 4. The second kappa shape index (κ2) is 8.05. The number of carbonyl (C=O) groups excluding carboxylic acids is 1. The molecule has 2 fully saturated rings. The van der Waals surface area contributed by atoms with Crippen molar-refractivity contribution < 1.29 is 4.79 Å². The molecule has 2 aliphatic rings. The third-order valence-corrected chi connectivity index (χ3v) is 6.61. The molecule has 0 saturated heterocycles. The van der Waals surface area contributed by atoms with E-state index in [1.54, 1.807) is 0 Å². The molecule has 1 atom stereocenters. The second-order valence-corrected chi connectivity index (χ2v) is 9.08. The quantitative estimate of drug-likeness (QED) is 0.479. The zero-order valence-electron chi connectivity index (χ0n) is 15.8. The first kappa shape index (κ1) is 18.5. The van der Waals surface area contributed by atoms with Crippen LogP contribution in [0.5, 0.6) is 0 Å². The summed E-state index contributed by atoms with van der Waals surface area (Å²) in [5, 5.41) is 4.28. The van der Waals surface area contributed by atoms with Crippen molar-refractivity contribution >= 4 is 28.6 Å². The van der Waals surface area contributed by atoms with Crippen LogP contribution in [0.3, 0.4) is 0 Å². The van der Waals surface area contributed by atoms with Crippen LogP contribution in [0.2, 0.25) is 0 Å². The van der Waals surface area contributed by atoms with Gasteiger partial charge in [-0.25, -0.2) is 4.98 Å². The topological polar surface area (TPSA) is 64.0 Å². The Bertz CT molecular complexity index is 883. The van der Waals surface area contributed by atoms with E-state index in [1.165, 1.54) is 37.4 Å². The number of para-hydroxylation sites is 1. The number of rotatable bonds is 5. The average Bonchev–Trinajstić information content (AvgIpc) is 3.50. The highest BCUT2D eigenvalue weighted by Gasteiger charge is 2.30. The highest BCUT2D eigenvalue weighted by molar-refractivity contribution is 8.00. The third-order valence-electron chi connectivity index (χ3n) is 5.54. The highest BCUT2D eigenvalue weighted by Crippen LogP contribution is 2.37. The molecule has 0 aliphatic heterocycles. The fraction of sp³-hybridized carbons (Fsp3) is 0.571. The number of nitrogens with zero attached hydrogens (tertiary/aromatic N) is 2. The van der Waals surface area contributed by atoms with Crippen molar-refractivity contribution in [2.24, 2.45) is 0 Å². The van der Waals surface area contributed by atoms with Gasteiger partial charge in [0.15, 0.2) is 5.16 Å². The van der Waals surface area contributed by atoms with Crippen molar-refractivity contribution in [3.8, 4) is 0 Å². The van der Waals surface area contributed by atoms with Gasteiger partial charge in [-0.2, -0.15) is 0 Å². The minimum absolute atomic E-state index is 0.0157. The Labute approximate surface area is 163 Å². The molecule has 1 N–H and O–H groups in total. The summed E-state index contributed by atoms with van der Waals surface area (Å²) in [6, 6.07) is 7.99. The normalized spacial score (nSPS) is 19.6. The molecule has 6 heteroatoms. The molecule has 0 bridgehead atoms. The molecule has 0 radical (unpaired) electrons. The van der Waals surface area contributed by atoms with Crippen LogP contribution in [-0.2, 0) is 4.79 Å². The van der Waals surface area contributed by atoms with E-state index in [4.69, 9.17) is 4.98 Å². The van der Waals surface area contributed by atoms with Crippen molar-refractivity contribution in [3.05, 3.63) is 34.6 Å². The van der Waals surface area contributed by atoms with Gasteiger partial charge in [-0.1, -0.05) is 49.6 Å². The van der Waals surface area contributed by atoms with Gasteiger partial charge in [0.1, 0.15) is 0 Å². The molecule has 27 heavy (non-hydrogen) atoms. The summed E-state index contributed by atoms with van der Waals surface area (Å²) in [4.78, 5) is 30.4.